The van der Waals surface area contributed by atoms with E-state index in [0.717, 1.165) is 27.0 Å². The van der Waals surface area contributed by atoms with Crippen molar-refractivity contribution in [3.63, 3.8) is 0 Å². The molecule has 3 aromatic rings. The van der Waals surface area contributed by atoms with E-state index in [2.05, 4.69) is 5.10 Å². The highest BCUT2D eigenvalue weighted by molar-refractivity contribution is 7.89. The van der Waals surface area contributed by atoms with Crippen LogP contribution in [0.4, 0.5) is 0 Å². The van der Waals surface area contributed by atoms with Gasteiger partial charge in [-0.05, 0) is 47.5 Å². The lowest BCUT2D eigenvalue weighted by atomic mass is 10.1. The third-order valence-corrected chi connectivity index (χ3v) is 4.84. The van der Waals surface area contributed by atoms with Crippen molar-refractivity contribution in [2.75, 3.05) is 6.61 Å². The largest absolute Gasteiger partial charge is 0.494 e. The quantitative estimate of drug-likeness (QED) is 0.726. The van der Waals surface area contributed by atoms with Crippen LogP contribution in [0.15, 0.2) is 59.8 Å². The highest BCUT2D eigenvalue weighted by atomic mass is 32.2. The van der Waals surface area contributed by atoms with Crippen LogP contribution >= 0.6 is 0 Å². The number of fused-ring (bicyclic) bond motifs is 1. The molecule has 1 heterocycles. The number of benzene rings is 2. The molecule has 0 saturated heterocycles. The summed E-state index contributed by atoms with van der Waals surface area (Å²) >= 11 is 0. The summed E-state index contributed by atoms with van der Waals surface area (Å²) in [6.07, 6.45) is 3.80. The predicted octanol–water partition coefficient (Wildman–Crippen LogP) is 3.06. The fourth-order valence-corrected chi connectivity index (χ4v) is 3.32. The van der Waals surface area contributed by atoms with Gasteiger partial charge in [-0.15, -0.1) is 0 Å². The van der Waals surface area contributed by atoms with Gasteiger partial charge in [0.05, 0.1) is 17.7 Å². The molecule has 0 N–H and O–H groups in total. The zero-order valence-electron chi connectivity index (χ0n) is 12.1. The minimum Gasteiger partial charge on any atom is -0.494 e. The second-order valence-corrected chi connectivity index (χ2v) is 6.70. The van der Waals surface area contributed by atoms with E-state index in [4.69, 9.17) is 4.74 Å². The van der Waals surface area contributed by atoms with Crippen LogP contribution in [0.3, 0.4) is 0 Å². The normalized spacial score (nSPS) is 11.7. The molecule has 1 aromatic heterocycles. The van der Waals surface area contributed by atoms with Crippen molar-refractivity contribution in [2.24, 2.45) is 0 Å². The van der Waals surface area contributed by atoms with E-state index in [0.29, 0.717) is 6.61 Å². The molecule has 114 valence electrons. The van der Waals surface area contributed by atoms with E-state index in [1.165, 1.54) is 12.4 Å². The summed E-state index contributed by atoms with van der Waals surface area (Å²) in [7, 11) is -3.64. The van der Waals surface area contributed by atoms with Crippen molar-refractivity contribution < 1.29 is 13.2 Å². The monoisotopic (exact) mass is 316 g/mol. The van der Waals surface area contributed by atoms with Crippen molar-refractivity contribution in [2.45, 2.75) is 18.2 Å². The van der Waals surface area contributed by atoms with E-state index >= 15 is 0 Å². The molecule has 0 unspecified atom stereocenters. The first-order valence-corrected chi connectivity index (χ1v) is 8.47. The number of hydrogen-bond acceptors (Lipinski definition) is 4. The van der Waals surface area contributed by atoms with Gasteiger partial charge in [0.25, 0.3) is 10.0 Å². The Bertz CT molecular complexity index is 887. The summed E-state index contributed by atoms with van der Waals surface area (Å²) in [6.45, 7) is 2.71. The van der Waals surface area contributed by atoms with Crippen molar-refractivity contribution in [1.29, 1.82) is 0 Å². The Morgan fingerprint density at radius 3 is 2.64 bits per heavy atom. The van der Waals surface area contributed by atoms with Crippen LogP contribution in [0.2, 0.25) is 0 Å². The van der Waals surface area contributed by atoms with Gasteiger partial charge in [0.15, 0.2) is 0 Å². The Hall–Kier alpha value is -2.34. The minimum absolute atomic E-state index is 0.214. The first-order valence-electron chi connectivity index (χ1n) is 7.03. The molecule has 2 aromatic carbocycles. The van der Waals surface area contributed by atoms with E-state index in [1.54, 1.807) is 24.3 Å². The minimum atomic E-state index is -3.64. The molecule has 0 saturated carbocycles. The lowest BCUT2D eigenvalue weighted by Crippen LogP contribution is -2.13. The second-order valence-electron chi connectivity index (χ2n) is 4.90. The Labute approximate surface area is 129 Å². The molecule has 6 heteroatoms. The van der Waals surface area contributed by atoms with Gasteiger partial charge in [-0.2, -0.15) is 17.6 Å². The molecule has 0 spiro atoms. The SMILES string of the molecule is CCCOc1ccc2cc(S(=O)(=O)n3cccn3)ccc2c1. The summed E-state index contributed by atoms with van der Waals surface area (Å²) in [5, 5.41) is 5.58. The molecule has 0 radical (unpaired) electrons. The summed E-state index contributed by atoms with van der Waals surface area (Å²) in [6, 6.07) is 12.2. The zero-order chi connectivity index (χ0) is 15.6. The van der Waals surface area contributed by atoms with Crippen LogP contribution in [-0.4, -0.2) is 24.2 Å². The molecule has 0 bridgehead atoms. The Kier molecular flexibility index (Phi) is 3.85. The summed E-state index contributed by atoms with van der Waals surface area (Å²) in [5.74, 6) is 0.789. The van der Waals surface area contributed by atoms with Crippen LogP contribution in [-0.2, 0) is 10.0 Å². The van der Waals surface area contributed by atoms with Gasteiger partial charge >= 0.3 is 0 Å². The molecule has 0 atom stereocenters. The van der Waals surface area contributed by atoms with E-state index in [9.17, 15) is 8.42 Å². The van der Waals surface area contributed by atoms with Crippen molar-refractivity contribution in [3.05, 3.63) is 54.9 Å². The van der Waals surface area contributed by atoms with Gasteiger partial charge in [0.2, 0.25) is 0 Å². The molecule has 0 aliphatic rings. The van der Waals surface area contributed by atoms with Gasteiger partial charge < -0.3 is 4.74 Å². The van der Waals surface area contributed by atoms with Gasteiger partial charge in [-0.3, -0.25) is 0 Å². The second kappa shape index (κ2) is 5.81. The van der Waals surface area contributed by atoms with E-state index in [1.807, 2.05) is 25.1 Å². The highest BCUT2D eigenvalue weighted by Crippen LogP contribution is 2.24. The van der Waals surface area contributed by atoms with Gasteiger partial charge in [-0.1, -0.05) is 19.1 Å². The van der Waals surface area contributed by atoms with Crippen LogP contribution in [0, 0.1) is 0 Å². The average molecular weight is 316 g/mol. The first kappa shape index (κ1) is 14.6. The molecule has 0 amide bonds. The van der Waals surface area contributed by atoms with Crippen LogP contribution < -0.4 is 4.74 Å². The maximum atomic E-state index is 12.4. The van der Waals surface area contributed by atoms with E-state index < -0.39 is 10.0 Å². The summed E-state index contributed by atoms with van der Waals surface area (Å²) < 4.78 is 31.4. The molecule has 3 rings (SSSR count). The number of ether oxygens (including phenoxy) is 1. The number of nitrogens with zero attached hydrogens (tertiary/aromatic N) is 2. The van der Waals surface area contributed by atoms with Crippen LogP contribution in [0.25, 0.3) is 10.8 Å². The lowest BCUT2D eigenvalue weighted by Gasteiger charge is -2.08. The molecule has 5 nitrogen and oxygen atoms in total. The number of rotatable bonds is 5. The summed E-state index contributed by atoms with van der Waals surface area (Å²) in [4.78, 5) is 0.214. The number of hydrogen-bond donors (Lipinski definition) is 0. The average Bonchev–Trinajstić information content (AvgIpc) is 3.07. The summed E-state index contributed by atoms with van der Waals surface area (Å²) in [5.41, 5.74) is 0. The van der Waals surface area contributed by atoms with Gasteiger partial charge in [-0.25, -0.2) is 0 Å². The van der Waals surface area contributed by atoms with E-state index in [-0.39, 0.29) is 4.90 Å². The Balaban J connectivity index is 2.00. The van der Waals surface area contributed by atoms with Crippen molar-refractivity contribution >= 4 is 20.8 Å². The smallest absolute Gasteiger partial charge is 0.282 e. The molecular weight excluding hydrogens is 300 g/mol. The molecule has 0 fully saturated rings. The van der Waals surface area contributed by atoms with Gasteiger partial charge in [0, 0.05) is 6.20 Å². The molecule has 0 aliphatic carbocycles. The lowest BCUT2D eigenvalue weighted by molar-refractivity contribution is 0.318. The Morgan fingerprint density at radius 1 is 1.14 bits per heavy atom. The fraction of sp³-hybridized carbons (Fsp3) is 0.188. The van der Waals surface area contributed by atoms with Gasteiger partial charge in [0.1, 0.15) is 5.75 Å². The standard InChI is InChI=1S/C16H16N2O3S/c1-2-10-21-15-6-4-14-12-16(7-5-13(14)11-15)22(19,20)18-9-3-8-17-18/h3-9,11-12H,2,10H2,1H3. The highest BCUT2D eigenvalue weighted by Gasteiger charge is 2.17. The topological polar surface area (TPSA) is 61.2 Å². The van der Waals surface area contributed by atoms with Crippen LogP contribution in [0.1, 0.15) is 13.3 Å². The zero-order valence-corrected chi connectivity index (χ0v) is 13.0. The fourth-order valence-electron chi connectivity index (χ4n) is 2.18. The van der Waals surface area contributed by atoms with Crippen LogP contribution in [0.5, 0.6) is 5.75 Å². The molecular formula is C16H16N2O3S. The maximum absolute atomic E-state index is 12.4. The molecule has 0 aliphatic heterocycles. The van der Waals surface area contributed by atoms with Crippen molar-refractivity contribution in [1.82, 2.24) is 9.19 Å². The maximum Gasteiger partial charge on any atom is 0.282 e. The third kappa shape index (κ3) is 2.69. The predicted molar refractivity (Wildman–Crippen MR) is 84.5 cm³/mol. The Morgan fingerprint density at radius 2 is 1.91 bits per heavy atom. The number of aromatic nitrogens is 2. The third-order valence-electron chi connectivity index (χ3n) is 3.28. The first-order chi connectivity index (χ1) is 10.6. The van der Waals surface area contributed by atoms with Crippen molar-refractivity contribution in [3.8, 4) is 5.75 Å². The molecule has 22 heavy (non-hydrogen) atoms.